The third kappa shape index (κ3) is 14.7. The van der Waals surface area contributed by atoms with E-state index >= 15 is 0 Å². The van der Waals surface area contributed by atoms with Gasteiger partial charge in [0.2, 0.25) is 0 Å². The van der Waals surface area contributed by atoms with E-state index in [9.17, 15) is 34.2 Å². The van der Waals surface area contributed by atoms with Crippen LogP contribution in [0.1, 0.15) is 114 Å². The number of cyclic esters (lactones) is 1. The van der Waals surface area contributed by atoms with Crippen molar-refractivity contribution in [1.29, 1.82) is 0 Å². The summed E-state index contributed by atoms with van der Waals surface area (Å²) in [6.45, 7) is 15.7. The summed E-state index contributed by atoms with van der Waals surface area (Å²) in [5.41, 5.74) is -1.52. The standard InChI is InChI=1S/C46H75NO17/c1-13-34(49)60-30-15-16-31-32(59-31)21-26(6)56-37(52)22-33(61-35(50)14-2)43(55-12)42(29(17-18-48)20-25(30)5)64-45-40(53)39(47(10)11)41(27(7)58-45)63-38-23-46(9,54)44(28(8)57-38)62-36(51)19-24(3)4/h15-16,18,24-33,38-45,53-54H,13-14,17,19-23H2,1-12H3/b16-15+/t25-,26-,27-,28+,29+,30-,31-,32-,33-,38+,39+,40+,41+,42+,43-,44+,45-,46+/m1/s1. The van der Waals surface area contributed by atoms with E-state index in [4.69, 9.17) is 47.4 Å². The van der Waals surface area contributed by atoms with Crippen LogP contribution in [0.15, 0.2) is 12.2 Å². The largest absolute Gasteiger partial charge is 0.462 e. The average molecular weight is 914 g/mol. The fourth-order valence-electron chi connectivity index (χ4n) is 9.04. The van der Waals surface area contributed by atoms with Crippen LogP contribution < -0.4 is 0 Å². The summed E-state index contributed by atoms with van der Waals surface area (Å²) in [5.74, 6) is -3.26. The molecule has 0 saturated carbocycles. The van der Waals surface area contributed by atoms with Gasteiger partial charge in [-0.25, -0.2) is 0 Å². The van der Waals surface area contributed by atoms with E-state index in [0.717, 1.165) is 6.29 Å². The number of ether oxygens (including phenoxy) is 10. The van der Waals surface area contributed by atoms with Gasteiger partial charge in [-0.3, -0.25) is 19.2 Å². The quantitative estimate of drug-likeness (QED) is 0.0788. The smallest absolute Gasteiger partial charge is 0.309 e. The number of hydrogen-bond acceptors (Lipinski definition) is 18. The molecule has 0 aromatic heterocycles. The Balaban J connectivity index is 1.70. The molecule has 18 atom stereocenters. The topological polar surface area (TPSA) is 225 Å². The number of fused-ring (bicyclic) bond motifs is 1. The molecule has 18 nitrogen and oxygen atoms in total. The third-order valence-corrected chi connectivity index (χ3v) is 12.4. The van der Waals surface area contributed by atoms with E-state index in [1.807, 2.05) is 26.8 Å². The van der Waals surface area contributed by atoms with Crippen LogP contribution >= 0.6 is 0 Å². The molecule has 366 valence electrons. The second kappa shape index (κ2) is 24.1. The molecular weight excluding hydrogens is 838 g/mol. The van der Waals surface area contributed by atoms with Gasteiger partial charge in [0.1, 0.15) is 54.6 Å². The Morgan fingerprint density at radius 3 is 2.17 bits per heavy atom. The van der Waals surface area contributed by atoms with Crippen LogP contribution in [0.5, 0.6) is 0 Å². The van der Waals surface area contributed by atoms with Crippen LogP contribution in [0, 0.1) is 17.8 Å². The fraction of sp³-hybridized carbons (Fsp3) is 0.848. The highest BCUT2D eigenvalue weighted by molar-refractivity contribution is 5.73. The second-order valence-corrected chi connectivity index (χ2v) is 18.7. The predicted molar refractivity (Wildman–Crippen MR) is 228 cm³/mol. The van der Waals surface area contributed by atoms with Crippen LogP contribution in [-0.2, 0) is 71.3 Å². The molecule has 0 bridgehead atoms. The first kappa shape index (κ1) is 53.5. The van der Waals surface area contributed by atoms with Gasteiger partial charge in [-0.1, -0.05) is 40.7 Å². The molecular formula is C46H75NO17. The predicted octanol–water partition coefficient (Wildman–Crippen LogP) is 3.58. The molecule has 64 heavy (non-hydrogen) atoms. The highest BCUT2D eigenvalue weighted by Crippen LogP contribution is 2.38. The highest BCUT2D eigenvalue weighted by Gasteiger charge is 2.53. The van der Waals surface area contributed by atoms with Gasteiger partial charge in [0, 0.05) is 45.6 Å². The molecule has 0 radical (unpaired) electrons. The number of aliphatic hydroxyl groups excluding tert-OH is 1. The Bertz CT molecular complexity index is 1570. The van der Waals surface area contributed by atoms with Gasteiger partial charge < -0.3 is 67.3 Å². The highest BCUT2D eigenvalue weighted by atomic mass is 16.7. The molecule has 2 N–H and O–H groups in total. The van der Waals surface area contributed by atoms with E-state index in [0.29, 0.717) is 6.42 Å². The normalized spacial score (nSPS) is 40.4. The zero-order valence-corrected chi connectivity index (χ0v) is 39.7. The Kier molecular flexibility index (Phi) is 20.2. The lowest BCUT2D eigenvalue weighted by atomic mass is 9.82. The minimum Gasteiger partial charge on any atom is -0.462 e. The van der Waals surface area contributed by atoms with Crippen LogP contribution in [0.2, 0.25) is 0 Å². The first-order valence-corrected chi connectivity index (χ1v) is 22.9. The summed E-state index contributed by atoms with van der Waals surface area (Å²) in [7, 11) is 4.86. The number of carbonyl (C=O) groups excluding carboxylic acids is 5. The van der Waals surface area contributed by atoms with Crippen LogP contribution in [0.3, 0.4) is 0 Å². The van der Waals surface area contributed by atoms with Crippen molar-refractivity contribution in [2.24, 2.45) is 17.8 Å². The Morgan fingerprint density at radius 1 is 0.906 bits per heavy atom. The molecule has 4 aliphatic heterocycles. The van der Waals surface area contributed by atoms with Gasteiger partial charge in [-0.15, -0.1) is 0 Å². The van der Waals surface area contributed by atoms with Crippen LogP contribution in [0.4, 0.5) is 0 Å². The van der Waals surface area contributed by atoms with Gasteiger partial charge in [-0.05, 0) is 72.0 Å². The number of nitrogens with zero attached hydrogens (tertiary/aromatic N) is 1. The fourth-order valence-corrected chi connectivity index (χ4v) is 9.04. The summed E-state index contributed by atoms with van der Waals surface area (Å²) >= 11 is 0. The molecule has 0 aromatic carbocycles. The third-order valence-electron chi connectivity index (χ3n) is 12.4. The molecule has 4 heterocycles. The van der Waals surface area contributed by atoms with Gasteiger partial charge >= 0.3 is 23.9 Å². The number of aliphatic hydroxyl groups is 2. The first-order chi connectivity index (χ1) is 30.1. The number of methoxy groups -OCH3 is 1. The molecule has 3 saturated heterocycles. The second-order valence-electron chi connectivity index (χ2n) is 18.7. The van der Waals surface area contributed by atoms with E-state index < -0.39 is 127 Å². The van der Waals surface area contributed by atoms with Crippen LogP contribution in [0.25, 0.3) is 0 Å². The van der Waals surface area contributed by atoms with Crippen LogP contribution in [-0.4, -0.2) is 164 Å². The maximum absolute atomic E-state index is 13.6. The molecule has 0 spiro atoms. The van der Waals surface area contributed by atoms with Crippen molar-refractivity contribution in [3.05, 3.63) is 12.2 Å². The van der Waals surface area contributed by atoms with Crippen molar-refractivity contribution in [2.75, 3.05) is 21.2 Å². The SMILES string of the molecule is CCC(=O)O[C@@H]1/C=C/[C@H]2O[C@@H]2C[C@@H](C)OC(=O)C[C@@H](OC(=O)CC)[C@@H](OC)[C@@H](O[C@H]2O[C@H](C)[C@H](O[C@H]3C[C@](C)(O)[C@@H](OC(=O)CC(C)C)[C@H](C)O3)[C@@H](N(C)C)[C@@H]2O)[C@@H](CC=O)C[C@H]1C. The summed E-state index contributed by atoms with van der Waals surface area (Å²) in [4.78, 5) is 66.2. The van der Waals surface area contributed by atoms with E-state index in [1.165, 1.54) is 7.11 Å². The molecule has 18 heteroatoms. The summed E-state index contributed by atoms with van der Waals surface area (Å²) in [5, 5.41) is 23.8. The molecule has 0 aliphatic carbocycles. The molecule has 0 unspecified atom stereocenters. The Morgan fingerprint density at radius 2 is 1.58 bits per heavy atom. The van der Waals surface area contributed by atoms with E-state index in [2.05, 4.69) is 0 Å². The maximum Gasteiger partial charge on any atom is 0.309 e. The zero-order valence-electron chi connectivity index (χ0n) is 39.7. The van der Waals surface area contributed by atoms with Crippen molar-refractivity contribution >= 4 is 30.2 Å². The first-order valence-electron chi connectivity index (χ1n) is 22.9. The molecule has 4 aliphatic rings. The lowest BCUT2D eigenvalue weighted by Crippen LogP contribution is -2.66. The van der Waals surface area contributed by atoms with Crippen molar-refractivity contribution < 1.29 is 81.6 Å². The number of hydrogen-bond donors (Lipinski definition) is 2. The summed E-state index contributed by atoms with van der Waals surface area (Å²) in [6, 6.07) is -0.809. The number of esters is 4. The van der Waals surface area contributed by atoms with E-state index in [-0.39, 0.29) is 56.7 Å². The van der Waals surface area contributed by atoms with Gasteiger partial charge in [0.05, 0.1) is 36.9 Å². The lowest BCUT2D eigenvalue weighted by Gasteiger charge is -2.50. The Hall–Kier alpha value is -3.07. The van der Waals surface area contributed by atoms with Gasteiger partial charge in [0.15, 0.2) is 18.7 Å². The van der Waals surface area contributed by atoms with Crippen molar-refractivity contribution in [3.8, 4) is 0 Å². The molecule has 3 fully saturated rings. The van der Waals surface area contributed by atoms with Crippen molar-refractivity contribution in [2.45, 2.75) is 211 Å². The molecule has 4 rings (SSSR count). The number of rotatable bonds is 15. The zero-order chi connectivity index (χ0) is 47.6. The van der Waals surface area contributed by atoms with Gasteiger partial charge in [-0.2, -0.15) is 0 Å². The lowest BCUT2D eigenvalue weighted by molar-refractivity contribution is -0.344. The van der Waals surface area contributed by atoms with E-state index in [1.54, 1.807) is 66.6 Å². The number of aldehydes is 1. The molecule has 0 amide bonds. The van der Waals surface area contributed by atoms with Crippen molar-refractivity contribution in [1.82, 2.24) is 4.90 Å². The summed E-state index contributed by atoms with van der Waals surface area (Å²) in [6.07, 6.45) is -8.04. The number of epoxide rings is 1. The average Bonchev–Trinajstić information content (AvgIpc) is 3.94. The number of carbonyl (C=O) groups is 5. The van der Waals surface area contributed by atoms with Crippen molar-refractivity contribution in [3.63, 3.8) is 0 Å². The number of likely N-dealkylation sites (N-methyl/N-ethyl adjacent to an activating group) is 1. The monoisotopic (exact) mass is 914 g/mol. The summed E-state index contributed by atoms with van der Waals surface area (Å²) < 4.78 is 61.1. The maximum atomic E-state index is 13.6. The Labute approximate surface area is 378 Å². The minimum absolute atomic E-state index is 0.0212. The molecule has 0 aromatic rings. The minimum atomic E-state index is -1.52. The van der Waals surface area contributed by atoms with Gasteiger partial charge in [0.25, 0.3) is 0 Å².